The van der Waals surface area contributed by atoms with Crippen molar-refractivity contribution in [2.75, 3.05) is 43.4 Å². The predicted molar refractivity (Wildman–Crippen MR) is 110 cm³/mol. The van der Waals surface area contributed by atoms with E-state index in [0.717, 1.165) is 57.1 Å². The Morgan fingerprint density at radius 3 is 2.58 bits per heavy atom. The zero-order chi connectivity index (χ0) is 17.9. The largest absolute Gasteiger partial charge is 0.324 e. The summed E-state index contributed by atoms with van der Waals surface area (Å²) in [6.45, 7) is 7.49. The molecule has 0 radical (unpaired) electrons. The molecular weight excluding hydrogens is 362 g/mol. The average molecular weight is 388 g/mol. The third kappa shape index (κ3) is 3.77. The van der Waals surface area contributed by atoms with Gasteiger partial charge in [-0.25, -0.2) is 4.79 Å². The highest BCUT2D eigenvalue weighted by Gasteiger charge is 2.30. The Balaban J connectivity index is 1.38. The Bertz CT molecular complexity index is 754. The lowest BCUT2D eigenvalue weighted by Gasteiger charge is -2.38. The minimum absolute atomic E-state index is 0.186. The van der Waals surface area contributed by atoms with Crippen molar-refractivity contribution in [2.24, 2.45) is 0 Å². The summed E-state index contributed by atoms with van der Waals surface area (Å²) in [7, 11) is 0. The van der Waals surface area contributed by atoms with Crippen LogP contribution in [0, 0.1) is 0 Å². The number of carbonyl (C=O) groups is 1. The number of urea groups is 1. The molecule has 2 aromatic rings. The van der Waals surface area contributed by atoms with Crippen molar-refractivity contribution in [3.63, 3.8) is 0 Å². The lowest BCUT2D eigenvalue weighted by Crippen LogP contribution is -2.53. The van der Waals surface area contributed by atoms with Gasteiger partial charge in [0.05, 0.1) is 9.90 Å². The maximum absolute atomic E-state index is 13.1. The molecule has 1 aromatic carbocycles. The number of nitrogens with zero attached hydrogens (tertiary/aromatic N) is 3. The molecule has 138 valence electrons. The number of fused-ring (bicyclic) bond motifs is 1. The fourth-order valence-electron chi connectivity index (χ4n) is 3.54. The van der Waals surface area contributed by atoms with Gasteiger partial charge in [-0.05, 0) is 18.1 Å². The van der Waals surface area contributed by atoms with Gasteiger partial charge >= 0.3 is 6.03 Å². The maximum atomic E-state index is 13.1. The smallest absolute Gasteiger partial charge is 0.322 e. The third-order valence-corrected chi connectivity index (χ3v) is 7.57. The van der Waals surface area contributed by atoms with E-state index in [9.17, 15) is 4.79 Å². The fraction of sp³-hybridized carbons (Fsp3) is 0.450. The van der Waals surface area contributed by atoms with Gasteiger partial charge in [-0.3, -0.25) is 9.80 Å². The highest BCUT2D eigenvalue weighted by atomic mass is 32.2. The van der Waals surface area contributed by atoms with E-state index in [0.29, 0.717) is 0 Å². The van der Waals surface area contributed by atoms with Gasteiger partial charge in [0, 0.05) is 49.9 Å². The van der Waals surface area contributed by atoms with E-state index in [4.69, 9.17) is 0 Å². The van der Waals surface area contributed by atoms with Crippen LogP contribution >= 0.6 is 23.1 Å². The van der Waals surface area contributed by atoms with Gasteiger partial charge in [0.1, 0.15) is 0 Å². The van der Waals surface area contributed by atoms with E-state index < -0.39 is 0 Å². The molecule has 2 aliphatic rings. The molecule has 2 aliphatic heterocycles. The summed E-state index contributed by atoms with van der Waals surface area (Å²) in [5.74, 6) is 0.996. The van der Waals surface area contributed by atoms with Crippen LogP contribution in [0.25, 0.3) is 0 Å². The number of amides is 2. The second-order valence-electron chi connectivity index (χ2n) is 6.77. The monoisotopic (exact) mass is 387 g/mol. The summed E-state index contributed by atoms with van der Waals surface area (Å²) in [4.78, 5) is 21.0. The van der Waals surface area contributed by atoms with Crippen LogP contribution in [0.15, 0.2) is 40.6 Å². The number of carbonyl (C=O) groups excluding carboxylic acids is 1. The van der Waals surface area contributed by atoms with Crippen LogP contribution in [0.5, 0.6) is 0 Å². The number of benzene rings is 1. The Hall–Kier alpha value is -1.50. The maximum Gasteiger partial charge on any atom is 0.324 e. The van der Waals surface area contributed by atoms with E-state index in [1.165, 1.54) is 14.6 Å². The van der Waals surface area contributed by atoms with Gasteiger partial charge in [0.15, 0.2) is 0 Å². The summed E-state index contributed by atoms with van der Waals surface area (Å²) < 4.78 is 1.31. The zero-order valence-corrected chi connectivity index (χ0v) is 16.8. The molecule has 3 heterocycles. The standard InChI is InChI=1S/C20H25N3OS2/c1-2-17-14-18-19(26-17)25-13-12-23(18)20(24)22-10-8-21(9-11-22)15-16-6-4-3-5-7-16/h3-7,14H,2,8-13,15H2,1H3. The highest BCUT2D eigenvalue weighted by Crippen LogP contribution is 2.42. The number of anilines is 1. The number of thiophene rings is 1. The quantitative estimate of drug-likeness (QED) is 0.791. The third-order valence-electron chi connectivity index (χ3n) is 5.04. The number of piperazine rings is 1. The number of aryl methyl sites for hydroxylation is 1. The summed E-state index contributed by atoms with van der Waals surface area (Å²) in [5, 5.41) is 0. The van der Waals surface area contributed by atoms with Crippen LogP contribution in [0.2, 0.25) is 0 Å². The molecule has 4 rings (SSSR count). The molecule has 0 spiro atoms. The minimum Gasteiger partial charge on any atom is -0.322 e. The van der Waals surface area contributed by atoms with Gasteiger partial charge in [-0.2, -0.15) is 0 Å². The minimum atomic E-state index is 0.186. The average Bonchev–Trinajstić information content (AvgIpc) is 3.12. The van der Waals surface area contributed by atoms with E-state index in [1.54, 1.807) is 0 Å². The molecule has 0 N–H and O–H groups in total. The SMILES string of the molecule is CCc1cc2c(s1)SCCN2C(=O)N1CCN(Cc2ccccc2)CC1. The van der Waals surface area contributed by atoms with Crippen molar-refractivity contribution in [1.82, 2.24) is 9.80 Å². The molecule has 4 nitrogen and oxygen atoms in total. The molecule has 0 saturated carbocycles. The second-order valence-corrected chi connectivity index (χ2v) is 9.27. The first-order valence-corrected chi connectivity index (χ1v) is 11.1. The Kier molecular flexibility index (Phi) is 5.52. The summed E-state index contributed by atoms with van der Waals surface area (Å²) in [6.07, 6.45) is 1.04. The van der Waals surface area contributed by atoms with E-state index in [2.05, 4.69) is 48.2 Å². The second kappa shape index (κ2) is 8.03. The van der Waals surface area contributed by atoms with Crippen LogP contribution in [0.3, 0.4) is 0 Å². The molecule has 1 fully saturated rings. The lowest BCUT2D eigenvalue weighted by atomic mass is 10.2. The van der Waals surface area contributed by atoms with Crippen LogP contribution < -0.4 is 4.90 Å². The highest BCUT2D eigenvalue weighted by molar-refractivity contribution is 8.01. The van der Waals surface area contributed by atoms with Crippen LogP contribution in [-0.2, 0) is 13.0 Å². The zero-order valence-electron chi connectivity index (χ0n) is 15.2. The Morgan fingerprint density at radius 1 is 1.08 bits per heavy atom. The molecule has 6 heteroatoms. The molecule has 26 heavy (non-hydrogen) atoms. The molecule has 0 unspecified atom stereocenters. The van der Waals surface area contributed by atoms with Gasteiger partial charge in [-0.1, -0.05) is 37.3 Å². The summed E-state index contributed by atoms with van der Waals surface area (Å²) in [5.41, 5.74) is 2.48. The van der Waals surface area contributed by atoms with Crippen molar-refractivity contribution < 1.29 is 4.79 Å². The van der Waals surface area contributed by atoms with Crippen molar-refractivity contribution in [3.8, 4) is 0 Å². The van der Waals surface area contributed by atoms with Crippen molar-refractivity contribution in [2.45, 2.75) is 24.1 Å². The van der Waals surface area contributed by atoms with Crippen molar-refractivity contribution in [1.29, 1.82) is 0 Å². The topological polar surface area (TPSA) is 26.8 Å². The molecule has 1 saturated heterocycles. The normalized spacial score (nSPS) is 18.0. The molecule has 1 aromatic heterocycles. The molecular formula is C20H25N3OS2. The van der Waals surface area contributed by atoms with Crippen LogP contribution in [0.1, 0.15) is 17.4 Å². The summed E-state index contributed by atoms with van der Waals surface area (Å²) in [6, 6.07) is 13.0. The number of rotatable bonds is 3. The number of thioether (sulfide) groups is 1. The predicted octanol–water partition coefficient (Wildman–Crippen LogP) is 4.16. The molecule has 0 atom stereocenters. The van der Waals surface area contributed by atoms with E-state index in [-0.39, 0.29) is 6.03 Å². The lowest BCUT2D eigenvalue weighted by molar-refractivity contribution is 0.139. The summed E-state index contributed by atoms with van der Waals surface area (Å²) >= 11 is 3.74. The fourth-order valence-corrected chi connectivity index (χ4v) is 5.95. The Morgan fingerprint density at radius 2 is 1.85 bits per heavy atom. The van der Waals surface area contributed by atoms with Crippen LogP contribution in [-0.4, -0.2) is 54.3 Å². The van der Waals surface area contributed by atoms with Crippen molar-refractivity contribution in [3.05, 3.63) is 46.8 Å². The Labute approximate surface area is 163 Å². The van der Waals surface area contributed by atoms with E-state index in [1.807, 2.05) is 32.9 Å². The van der Waals surface area contributed by atoms with Gasteiger partial charge in [0.2, 0.25) is 0 Å². The van der Waals surface area contributed by atoms with Crippen LogP contribution in [0.4, 0.5) is 10.5 Å². The first-order chi connectivity index (χ1) is 12.7. The molecule has 2 amide bonds. The molecule has 0 aliphatic carbocycles. The van der Waals surface area contributed by atoms with Gasteiger partial charge in [-0.15, -0.1) is 23.1 Å². The van der Waals surface area contributed by atoms with Gasteiger partial charge in [0.25, 0.3) is 0 Å². The number of hydrogen-bond acceptors (Lipinski definition) is 4. The first kappa shape index (κ1) is 17.9. The van der Waals surface area contributed by atoms with Gasteiger partial charge < -0.3 is 4.90 Å². The van der Waals surface area contributed by atoms with E-state index >= 15 is 0 Å². The van der Waals surface area contributed by atoms with Crippen molar-refractivity contribution >= 4 is 34.8 Å². The first-order valence-electron chi connectivity index (χ1n) is 9.33. The molecule has 0 bridgehead atoms. The number of hydrogen-bond donors (Lipinski definition) is 0.